The molecular weight excluding hydrogens is 953 g/mol. The van der Waals surface area contributed by atoms with Gasteiger partial charge in [-0.3, -0.25) is 0 Å². The molecule has 8 aromatic rings. The van der Waals surface area contributed by atoms with Crippen LogP contribution in [0.4, 0.5) is 35.1 Å². The highest BCUT2D eigenvalue weighted by molar-refractivity contribution is 5.67. The zero-order valence-corrected chi connectivity index (χ0v) is 39.0. The smallest absolute Gasteiger partial charge is 0.416 e. The van der Waals surface area contributed by atoms with Gasteiger partial charge in [-0.2, -0.15) is 36.5 Å². The van der Waals surface area contributed by atoms with Gasteiger partial charge in [0.05, 0.1) is 60.8 Å². The molecule has 0 saturated heterocycles. The Labute approximate surface area is 406 Å². The van der Waals surface area contributed by atoms with Gasteiger partial charge in [0.2, 0.25) is 11.8 Å². The average Bonchev–Trinajstić information content (AvgIpc) is 4.18. The van der Waals surface area contributed by atoms with Crippen LogP contribution in [0.5, 0.6) is 11.8 Å². The van der Waals surface area contributed by atoms with Crippen molar-refractivity contribution in [1.82, 2.24) is 58.6 Å². The Kier molecular flexibility index (Phi) is 13.6. The summed E-state index contributed by atoms with van der Waals surface area (Å²) >= 11 is 0. The maximum atomic E-state index is 13.9. The maximum absolute atomic E-state index is 13.9. The van der Waals surface area contributed by atoms with Crippen molar-refractivity contribution >= 4 is 24.3 Å². The highest BCUT2D eigenvalue weighted by atomic mass is 19.4. The number of nitrogens with zero attached hydrogens (tertiary/aromatic N) is 12. The van der Waals surface area contributed by atoms with E-state index in [1.54, 1.807) is 67.6 Å². The number of imidazole rings is 2. The Bertz CT molecular complexity index is 3100. The molecule has 14 nitrogen and oxygen atoms in total. The minimum Gasteiger partial charge on any atom is -0.479 e. The number of hydrogen-bond donors (Lipinski definition) is 0. The Balaban J connectivity index is 0.000000178. The number of fused-ring (bicyclic) bond motifs is 2. The predicted octanol–water partition coefficient (Wildman–Crippen LogP) is 10.9. The summed E-state index contributed by atoms with van der Waals surface area (Å²) in [5, 5.41) is 8.88. The van der Waals surface area contributed by atoms with E-state index in [1.165, 1.54) is 14.2 Å². The summed E-state index contributed by atoms with van der Waals surface area (Å²) in [7, 11) is 3.05. The SMILES string of the molecule is COc1nc(/C=C/c2nc3n(n2)CCC[C@@H]3c2cc(F)ccc2C(F)(F)F)ccc1-n1cnc(C)c1.COc1nc(/C=C/c2nc3n(n2)CCC[C@H]3c2cc(F)ccc2C(F)(F)F)ccc1-n1cnc(C)c1. The number of benzene rings is 2. The predicted molar refractivity (Wildman–Crippen MR) is 248 cm³/mol. The van der Waals surface area contributed by atoms with E-state index in [1.807, 2.05) is 38.4 Å². The Morgan fingerprint density at radius 1 is 0.556 bits per heavy atom. The number of halogens is 8. The van der Waals surface area contributed by atoms with Gasteiger partial charge in [-0.1, -0.05) is 0 Å². The molecule has 2 aliphatic rings. The Morgan fingerprint density at radius 2 is 0.972 bits per heavy atom. The molecule has 0 spiro atoms. The summed E-state index contributed by atoms with van der Waals surface area (Å²) in [5.41, 5.74) is 2.38. The van der Waals surface area contributed by atoms with E-state index >= 15 is 0 Å². The molecule has 72 heavy (non-hydrogen) atoms. The van der Waals surface area contributed by atoms with Crippen LogP contribution in [0.2, 0.25) is 0 Å². The lowest BCUT2D eigenvalue weighted by atomic mass is 9.87. The van der Waals surface area contributed by atoms with Gasteiger partial charge in [-0.15, -0.1) is 0 Å². The van der Waals surface area contributed by atoms with Crippen molar-refractivity contribution in [3.05, 3.63) is 166 Å². The first-order valence-corrected chi connectivity index (χ1v) is 22.6. The van der Waals surface area contributed by atoms with E-state index in [9.17, 15) is 35.1 Å². The molecule has 0 N–H and O–H groups in total. The van der Waals surface area contributed by atoms with Crippen molar-refractivity contribution in [3.63, 3.8) is 0 Å². The summed E-state index contributed by atoms with van der Waals surface area (Å²) in [6.07, 6.45) is 6.58. The molecule has 2 aromatic carbocycles. The third kappa shape index (κ3) is 10.5. The zero-order chi connectivity index (χ0) is 50.9. The number of methoxy groups -OCH3 is 2. The number of hydrogen-bond acceptors (Lipinski definition) is 10. The van der Waals surface area contributed by atoms with Gasteiger partial charge >= 0.3 is 12.4 Å². The van der Waals surface area contributed by atoms with Crippen LogP contribution >= 0.6 is 0 Å². The molecule has 0 bridgehead atoms. The van der Waals surface area contributed by atoms with Gasteiger partial charge in [0, 0.05) is 37.3 Å². The van der Waals surface area contributed by atoms with E-state index in [0.29, 0.717) is 85.2 Å². The second-order valence-electron chi connectivity index (χ2n) is 17.0. The van der Waals surface area contributed by atoms with Crippen LogP contribution in [0, 0.1) is 25.5 Å². The second kappa shape index (κ2) is 20.0. The quantitative estimate of drug-likeness (QED) is 0.122. The maximum Gasteiger partial charge on any atom is 0.416 e. The van der Waals surface area contributed by atoms with Gasteiger partial charge in [-0.25, -0.2) is 48.0 Å². The number of aromatic nitrogens is 12. The standard InChI is InChI=1S/2C25H22F4N6O/c2*1-15-13-34(14-30-15)21-9-6-17(31-24(21)36-2)7-10-22-32-23-18(4-3-11-35(23)33-22)19-12-16(26)5-8-20(19)25(27,28)29/h2*5-10,12-14,18H,3-4,11H2,1-2H3/b2*10-7+/t2*18-/m10/s1. The summed E-state index contributed by atoms with van der Waals surface area (Å²) in [6, 6.07) is 12.4. The van der Waals surface area contributed by atoms with Crippen LogP contribution in [0.25, 0.3) is 35.7 Å². The van der Waals surface area contributed by atoms with Crippen LogP contribution in [0.15, 0.2) is 85.7 Å². The molecule has 2 atom stereocenters. The Hall–Kier alpha value is -8.04. The summed E-state index contributed by atoms with van der Waals surface area (Å²) in [6.45, 7) is 4.81. The fraction of sp³-hybridized carbons (Fsp3) is 0.280. The van der Waals surface area contributed by atoms with Crippen LogP contribution in [0.1, 0.15) is 106 Å². The summed E-state index contributed by atoms with van der Waals surface area (Å²) in [5.74, 6) is -0.632. The molecule has 10 rings (SSSR count). The minimum absolute atomic E-state index is 0.122. The van der Waals surface area contributed by atoms with E-state index in [2.05, 4.69) is 40.1 Å². The normalized spacial score (nSPS) is 15.9. The highest BCUT2D eigenvalue weighted by Gasteiger charge is 2.39. The summed E-state index contributed by atoms with van der Waals surface area (Å²) < 4.78 is 127. The highest BCUT2D eigenvalue weighted by Crippen LogP contribution is 2.42. The Morgan fingerprint density at radius 3 is 1.33 bits per heavy atom. The van der Waals surface area contributed by atoms with Gasteiger partial charge in [0.1, 0.15) is 34.7 Å². The first-order valence-electron chi connectivity index (χ1n) is 22.6. The van der Waals surface area contributed by atoms with E-state index in [0.717, 1.165) is 59.2 Å². The molecular formula is C50H44F8N12O2. The van der Waals surface area contributed by atoms with Gasteiger partial charge in [0.25, 0.3) is 0 Å². The molecule has 6 aromatic heterocycles. The van der Waals surface area contributed by atoms with Crippen LogP contribution in [0.3, 0.4) is 0 Å². The monoisotopic (exact) mass is 996 g/mol. The molecule has 0 fully saturated rings. The van der Waals surface area contributed by atoms with Gasteiger partial charge in [-0.05, 0) is 136 Å². The molecule has 0 saturated carbocycles. The van der Waals surface area contributed by atoms with Crippen molar-refractivity contribution in [2.45, 2.75) is 76.8 Å². The molecule has 0 aliphatic carbocycles. The fourth-order valence-corrected chi connectivity index (χ4v) is 8.83. The largest absolute Gasteiger partial charge is 0.479 e. The van der Waals surface area contributed by atoms with Gasteiger partial charge in [0.15, 0.2) is 11.6 Å². The average molecular weight is 997 g/mol. The van der Waals surface area contributed by atoms with Crippen LogP contribution in [-0.4, -0.2) is 72.8 Å². The molecule has 0 unspecified atom stereocenters. The lowest BCUT2D eigenvalue weighted by Crippen LogP contribution is -2.21. The number of ether oxygens (including phenoxy) is 2. The molecule has 8 heterocycles. The molecule has 0 amide bonds. The van der Waals surface area contributed by atoms with E-state index in [-0.39, 0.29) is 11.1 Å². The number of aryl methyl sites for hydroxylation is 4. The van der Waals surface area contributed by atoms with Crippen LogP contribution < -0.4 is 9.47 Å². The van der Waals surface area contributed by atoms with Crippen LogP contribution in [-0.2, 0) is 25.4 Å². The minimum atomic E-state index is -4.60. The zero-order valence-electron chi connectivity index (χ0n) is 39.0. The first-order chi connectivity index (χ1) is 34.4. The van der Waals surface area contributed by atoms with Crippen molar-refractivity contribution in [3.8, 4) is 23.1 Å². The van der Waals surface area contributed by atoms with E-state index < -0.39 is 46.9 Å². The number of alkyl halides is 6. The molecule has 0 radical (unpaired) electrons. The van der Waals surface area contributed by atoms with Gasteiger partial charge < -0.3 is 18.6 Å². The second-order valence-corrected chi connectivity index (χ2v) is 17.0. The summed E-state index contributed by atoms with van der Waals surface area (Å²) in [4.78, 5) is 26.4. The van der Waals surface area contributed by atoms with E-state index in [4.69, 9.17) is 9.47 Å². The van der Waals surface area contributed by atoms with Crippen molar-refractivity contribution in [2.24, 2.45) is 0 Å². The lowest BCUT2D eigenvalue weighted by Gasteiger charge is -2.25. The third-order valence-electron chi connectivity index (χ3n) is 12.1. The lowest BCUT2D eigenvalue weighted by molar-refractivity contribution is -0.139. The molecule has 2 aliphatic heterocycles. The van der Waals surface area contributed by atoms with Crippen molar-refractivity contribution in [2.75, 3.05) is 14.2 Å². The van der Waals surface area contributed by atoms with Crippen molar-refractivity contribution in [1.29, 1.82) is 0 Å². The topological polar surface area (TPSA) is 141 Å². The first kappa shape index (κ1) is 49.0. The molecule has 22 heteroatoms. The fourth-order valence-electron chi connectivity index (χ4n) is 8.83. The van der Waals surface area contributed by atoms with Crippen molar-refractivity contribution < 1.29 is 44.6 Å². The third-order valence-corrected chi connectivity index (χ3v) is 12.1. The molecule has 372 valence electrons. The number of pyridine rings is 2. The number of rotatable bonds is 10.